The van der Waals surface area contributed by atoms with E-state index >= 15 is 0 Å². The number of hydrogen-bond donors (Lipinski definition) is 1. The van der Waals surface area contributed by atoms with Crippen molar-refractivity contribution >= 4 is 22.6 Å². The predicted octanol–water partition coefficient (Wildman–Crippen LogP) is 3.84. The van der Waals surface area contributed by atoms with Gasteiger partial charge in [-0.1, -0.05) is 5.92 Å². The molecule has 152 valence electrons. The maximum atomic E-state index is 13.4. The zero-order valence-electron chi connectivity index (χ0n) is 17.3. The van der Waals surface area contributed by atoms with E-state index in [4.69, 9.17) is 16.9 Å². The van der Waals surface area contributed by atoms with E-state index in [1.807, 2.05) is 45.0 Å². The minimum absolute atomic E-state index is 0.000852. The molecule has 1 atom stereocenters. The molecule has 3 aromatic rings. The summed E-state index contributed by atoms with van der Waals surface area (Å²) in [5.41, 5.74) is 10.9. The largest absolute Gasteiger partial charge is 0.383 e. The lowest BCUT2D eigenvalue weighted by Crippen LogP contribution is -2.36. The van der Waals surface area contributed by atoms with Crippen LogP contribution in [0.25, 0.3) is 10.9 Å². The van der Waals surface area contributed by atoms with Crippen LogP contribution in [0.2, 0.25) is 0 Å². The highest BCUT2D eigenvalue weighted by molar-refractivity contribution is 5.99. The van der Waals surface area contributed by atoms with Crippen LogP contribution in [0.15, 0.2) is 36.5 Å². The molecular formula is C24H24N4O2. The Kier molecular flexibility index (Phi) is 5.15. The molecule has 0 saturated heterocycles. The zero-order chi connectivity index (χ0) is 21.4. The third-order valence-corrected chi connectivity index (χ3v) is 5.50. The lowest BCUT2D eigenvalue weighted by atomic mass is 10.00. The van der Waals surface area contributed by atoms with Gasteiger partial charge in [-0.2, -0.15) is 0 Å². The Morgan fingerprint density at radius 2 is 2.17 bits per heavy atom. The fourth-order valence-corrected chi connectivity index (χ4v) is 3.83. The molecule has 6 heteroatoms. The predicted molar refractivity (Wildman–Crippen MR) is 117 cm³/mol. The number of nitrogens with two attached hydrogens (primary N) is 1. The maximum Gasteiger partial charge on any atom is 0.254 e. The molecule has 0 bridgehead atoms. The number of hydrogen-bond acceptors (Lipinski definition) is 5. The quantitative estimate of drug-likeness (QED) is 0.673. The van der Waals surface area contributed by atoms with Crippen molar-refractivity contribution in [1.82, 2.24) is 14.9 Å². The van der Waals surface area contributed by atoms with E-state index in [-0.39, 0.29) is 18.1 Å². The first-order chi connectivity index (χ1) is 14.4. The van der Waals surface area contributed by atoms with Crippen molar-refractivity contribution in [3.8, 4) is 12.3 Å². The molecule has 1 aliphatic rings. The van der Waals surface area contributed by atoms with E-state index in [0.717, 1.165) is 27.7 Å². The molecule has 0 spiro atoms. The Morgan fingerprint density at radius 3 is 2.83 bits per heavy atom. The van der Waals surface area contributed by atoms with Gasteiger partial charge in [-0.3, -0.25) is 9.78 Å². The highest BCUT2D eigenvalue weighted by Crippen LogP contribution is 2.38. The Bertz CT molecular complexity index is 1160. The van der Waals surface area contributed by atoms with E-state index in [1.165, 1.54) is 0 Å². The third-order valence-electron chi connectivity index (χ3n) is 5.50. The van der Waals surface area contributed by atoms with Crippen LogP contribution in [0.3, 0.4) is 0 Å². The van der Waals surface area contributed by atoms with Crippen molar-refractivity contribution in [2.75, 3.05) is 5.73 Å². The SMILES string of the molecule is C#Cc1ccc(CN(C(=O)c2ccc3nc(N)c4c(c3c2)COC4C)C(C)C)nc1. The van der Waals surface area contributed by atoms with Gasteiger partial charge in [0.2, 0.25) is 0 Å². The van der Waals surface area contributed by atoms with Crippen molar-refractivity contribution in [3.05, 3.63) is 64.5 Å². The van der Waals surface area contributed by atoms with Gasteiger partial charge in [0.15, 0.2) is 0 Å². The van der Waals surface area contributed by atoms with Gasteiger partial charge in [0.25, 0.3) is 5.91 Å². The minimum Gasteiger partial charge on any atom is -0.383 e. The van der Waals surface area contributed by atoms with Gasteiger partial charge >= 0.3 is 0 Å². The first-order valence-corrected chi connectivity index (χ1v) is 9.95. The summed E-state index contributed by atoms with van der Waals surface area (Å²) in [6.45, 7) is 6.81. The standard InChI is InChI=1S/C24H24N4O2/c1-5-16-6-8-18(26-11-16)12-28(14(2)3)24(29)17-7-9-21-19(10-17)20-13-30-15(4)22(20)23(25)27-21/h1,6-11,14-15H,12-13H2,2-4H3,(H2,25,27). The van der Waals surface area contributed by atoms with Crippen molar-refractivity contribution in [3.63, 3.8) is 0 Å². The van der Waals surface area contributed by atoms with Crippen molar-refractivity contribution in [2.45, 2.75) is 46.1 Å². The highest BCUT2D eigenvalue weighted by atomic mass is 16.5. The first-order valence-electron chi connectivity index (χ1n) is 9.95. The topological polar surface area (TPSA) is 81.3 Å². The number of carbonyl (C=O) groups excluding carboxylic acids is 1. The van der Waals surface area contributed by atoms with Gasteiger partial charge < -0.3 is 15.4 Å². The molecule has 30 heavy (non-hydrogen) atoms. The molecular weight excluding hydrogens is 376 g/mol. The number of benzene rings is 1. The number of carbonyl (C=O) groups is 1. The van der Waals surface area contributed by atoms with Crippen LogP contribution < -0.4 is 5.73 Å². The Labute approximate surface area is 176 Å². The average molecular weight is 400 g/mol. The minimum atomic E-state index is -0.0968. The molecule has 6 nitrogen and oxygen atoms in total. The first kappa shape index (κ1) is 19.9. The van der Waals surface area contributed by atoms with Gasteiger partial charge in [0.05, 0.1) is 30.5 Å². The number of terminal acetylenes is 1. The molecule has 1 amide bonds. The van der Waals surface area contributed by atoms with Crippen molar-refractivity contribution in [1.29, 1.82) is 0 Å². The van der Waals surface area contributed by atoms with Crippen LogP contribution in [-0.4, -0.2) is 26.8 Å². The van der Waals surface area contributed by atoms with Gasteiger partial charge in [0, 0.05) is 34.3 Å². The van der Waals surface area contributed by atoms with Gasteiger partial charge in [-0.05, 0) is 56.7 Å². The molecule has 1 aliphatic heterocycles. The van der Waals surface area contributed by atoms with Crippen molar-refractivity contribution < 1.29 is 9.53 Å². The van der Waals surface area contributed by atoms with Gasteiger partial charge in [0.1, 0.15) is 5.82 Å². The summed E-state index contributed by atoms with van der Waals surface area (Å²) in [7, 11) is 0. The summed E-state index contributed by atoms with van der Waals surface area (Å²) in [5, 5.41) is 0.912. The molecule has 2 aromatic heterocycles. The summed E-state index contributed by atoms with van der Waals surface area (Å²) < 4.78 is 5.76. The van der Waals surface area contributed by atoms with Gasteiger partial charge in [-0.15, -0.1) is 6.42 Å². The number of amides is 1. The third kappa shape index (κ3) is 3.49. The Balaban J connectivity index is 1.69. The van der Waals surface area contributed by atoms with E-state index in [1.54, 1.807) is 17.2 Å². The van der Waals surface area contributed by atoms with Crippen LogP contribution in [-0.2, 0) is 17.9 Å². The molecule has 4 rings (SSSR count). The van der Waals surface area contributed by atoms with Gasteiger partial charge in [-0.25, -0.2) is 4.98 Å². The summed E-state index contributed by atoms with van der Waals surface area (Å²) in [4.78, 5) is 24.1. The number of pyridine rings is 2. The van der Waals surface area contributed by atoms with Crippen LogP contribution in [0.1, 0.15) is 59.6 Å². The van der Waals surface area contributed by atoms with Crippen LogP contribution in [0, 0.1) is 12.3 Å². The lowest BCUT2D eigenvalue weighted by molar-refractivity contribution is 0.0687. The number of fused-ring (bicyclic) bond motifs is 3. The Morgan fingerprint density at radius 1 is 1.37 bits per heavy atom. The number of nitrogens with zero attached hydrogens (tertiary/aromatic N) is 3. The Hall–Kier alpha value is -3.43. The maximum absolute atomic E-state index is 13.4. The number of aromatic nitrogens is 2. The number of ether oxygens (including phenoxy) is 1. The van der Waals surface area contributed by atoms with E-state index in [0.29, 0.717) is 30.1 Å². The van der Waals surface area contributed by atoms with Crippen LogP contribution in [0.5, 0.6) is 0 Å². The summed E-state index contributed by atoms with van der Waals surface area (Å²) in [5.74, 6) is 2.98. The van der Waals surface area contributed by atoms with Crippen molar-refractivity contribution in [2.24, 2.45) is 0 Å². The number of rotatable bonds is 4. The molecule has 1 unspecified atom stereocenters. The highest BCUT2D eigenvalue weighted by Gasteiger charge is 2.27. The number of nitrogen functional groups attached to an aromatic ring is 1. The van der Waals surface area contributed by atoms with E-state index in [2.05, 4.69) is 15.9 Å². The second-order valence-corrected chi connectivity index (χ2v) is 7.78. The fraction of sp³-hybridized carbons (Fsp3) is 0.292. The molecule has 0 saturated carbocycles. The zero-order valence-corrected chi connectivity index (χ0v) is 17.3. The molecule has 3 heterocycles. The smallest absolute Gasteiger partial charge is 0.254 e. The second-order valence-electron chi connectivity index (χ2n) is 7.78. The fourth-order valence-electron chi connectivity index (χ4n) is 3.83. The van der Waals surface area contributed by atoms with Crippen LogP contribution in [0.4, 0.5) is 5.82 Å². The number of anilines is 1. The van der Waals surface area contributed by atoms with Crippen LogP contribution >= 0.6 is 0 Å². The molecule has 1 aromatic carbocycles. The monoisotopic (exact) mass is 400 g/mol. The summed E-state index contributed by atoms with van der Waals surface area (Å²) >= 11 is 0. The van der Waals surface area contributed by atoms with E-state index in [9.17, 15) is 4.79 Å². The average Bonchev–Trinajstić information content (AvgIpc) is 3.14. The second kappa shape index (κ2) is 7.77. The molecule has 2 N–H and O–H groups in total. The molecule has 0 radical (unpaired) electrons. The van der Waals surface area contributed by atoms with E-state index < -0.39 is 0 Å². The normalized spacial score (nSPS) is 15.2. The molecule has 0 fully saturated rings. The molecule has 0 aliphatic carbocycles. The summed E-state index contributed by atoms with van der Waals surface area (Å²) in [6.07, 6.45) is 6.95. The summed E-state index contributed by atoms with van der Waals surface area (Å²) in [6, 6.07) is 9.24. The lowest BCUT2D eigenvalue weighted by Gasteiger charge is -2.27.